The van der Waals surface area contributed by atoms with Crippen LogP contribution in [0.2, 0.25) is 0 Å². The number of hydrogen-bond donors (Lipinski definition) is 0. The molecule has 0 radical (unpaired) electrons. The SMILES string of the molecule is CC1(C)c2ccccc2-c2cc3c(cc21)N(c1nc(-c2ccccc2)nc(-c2ccccc2)n1)c1ccccc1C3(C)C. The first-order valence-electron chi connectivity index (χ1n) is 14.9. The van der Waals surface area contributed by atoms with Crippen molar-refractivity contribution >= 4 is 17.3 Å². The molecular weight excluding hydrogens is 524 g/mol. The zero-order valence-electron chi connectivity index (χ0n) is 24.8. The number of aromatic nitrogens is 3. The molecule has 4 nitrogen and oxygen atoms in total. The third-order valence-electron chi connectivity index (χ3n) is 9.32. The predicted molar refractivity (Wildman–Crippen MR) is 175 cm³/mol. The molecule has 0 bridgehead atoms. The Balaban J connectivity index is 1.43. The smallest absolute Gasteiger partial charge is 0.238 e. The van der Waals surface area contributed by atoms with Crippen LogP contribution in [0.5, 0.6) is 0 Å². The lowest BCUT2D eigenvalue weighted by atomic mass is 9.72. The van der Waals surface area contributed by atoms with Crippen LogP contribution in [0.25, 0.3) is 33.9 Å². The molecule has 4 heteroatoms. The van der Waals surface area contributed by atoms with E-state index in [9.17, 15) is 0 Å². The van der Waals surface area contributed by atoms with E-state index in [4.69, 9.17) is 15.0 Å². The second kappa shape index (κ2) is 9.20. The average Bonchev–Trinajstić information content (AvgIpc) is 3.27. The molecule has 2 heterocycles. The van der Waals surface area contributed by atoms with E-state index in [2.05, 4.69) is 118 Å². The number of hydrogen-bond acceptors (Lipinski definition) is 4. The van der Waals surface area contributed by atoms with Gasteiger partial charge in [-0.1, -0.05) is 131 Å². The van der Waals surface area contributed by atoms with Crippen molar-refractivity contribution in [3.05, 3.63) is 144 Å². The van der Waals surface area contributed by atoms with E-state index in [0.717, 1.165) is 22.5 Å². The molecule has 1 aliphatic heterocycles. The lowest BCUT2D eigenvalue weighted by Gasteiger charge is -2.41. The van der Waals surface area contributed by atoms with Gasteiger partial charge in [0.1, 0.15) is 0 Å². The zero-order valence-corrected chi connectivity index (χ0v) is 24.8. The summed E-state index contributed by atoms with van der Waals surface area (Å²) in [5, 5.41) is 0. The third kappa shape index (κ3) is 3.79. The minimum Gasteiger partial charge on any atom is -0.278 e. The summed E-state index contributed by atoms with van der Waals surface area (Å²) in [6.45, 7) is 9.33. The van der Waals surface area contributed by atoms with Crippen molar-refractivity contribution in [2.45, 2.75) is 38.5 Å². The second-order valence-electron chi connectivity index (χ2n) is 12.6. The van der Waals surface area contributed by atoms with Crippen molar-refractivity contribution in [3.63, 3.8) is 0 Å². The second-order valence-corrected chi connectivity index (χ2v) is 12.6. The number of rotatable bonds is 3. The highest BCUT2D eigenvalue weighted by molar-refractivity contribution is 5.90. The summed E-state index contributed by atoms with van der Waals surface area (Å²) in [5.41, 5.74) is 11.6. The Labute approximate surface area is 252 Å². The maximum absolute atomic E-state index is 5.17. The molecule has 5 aromatic carbocycles. The number of para-hydroxylation sites is 1. The Bertz CT molecular complexity index is 1970. The van der Waals surface area contributed by atoms with Gasteiger partial charge in [0.25, 0.3) is 0 Å². The van der Waals surface area contributed by atoms with Gasteiger partial charge >= 0.3 is 0 Å². The summed E-state index contributed by atoms with van der Waals surface area (Å²) in [4.78, 5) is 17.6. The van der Waals surface area contributed by atoms with Gasteiger partial charge in [0.15, 0.2) is 11.6 Å². The van der Waals surface area contributed by atoms with E-state index in [1.54, 1.807) is 0 Å². The molecule has 6 aromatic rings. The van der Waals surface area contributed by atoms with Crippen LogP contribution < -0.4 is 4.90 Å². The van der Waals surface area contributed by atoms with Crippen LogP contribution in [0, 0.1) is 0 Å². The van der Waals surface area contributed by atoms with Gasteiger partial charge in [-0.25, -0.2) is 4.98 Å². The van der Waals surface area contributed by atoms with Crippen LogP contribution in [0.15, 0.2) is 121 Å². The Morgan fingerprint density at radius 1 is 0.442 bits per heavy atom. The summed E-state index contributed by atoms with van der Waals surface area (Å²) in [5.74, 6) is 1.93. The fourth-order valence-electron chi connectivity index (χ4n) is 7.01. The van der Waals surface area contributed by atoms with Gasteiger partial charge in [0, 0.05) is 22.0 Å². The molecule has 43 heavy (non-hydrogen) atoms. The van der Waals surface area contributed by atoms with Crippen LogP contribution in [-0.4, -0.2) is 15.0 Å². The minimum absolute atomic E-state index is 0.128. The van der Waals surface area contributed by atoms with E-state index < -0.39 is 0 Å². The van der Waals surface area contributed by atoms with Gasteiger partial charge in [0.05, 0.1) is 11.4 Å². The highest BCUT2D eigenvalue weighted by Crippen LogP contribution is 2.57. The Morgan fingerprint density at radius 2 is 0.977 bits per heavy atom. The normalized spacial score (nSPS) is 15.3. The first-order chi connectivity index (χ1) is 20.8. The molecule has 0 atom stereocenters. The van der Waals surface area contributed by atoms with Crippen molar-refractivity contribution < 1.29 is 0 Å². The Morgan fingerprint density at radius 3 is 1.63 bits per heavy atom. The van der Waals surface area contributed by atoms with Crippen molar-refractivity contribution in [2.75, 3.05) is 4.90 Å². The molecule has 0 N–H and O–H groups in total. The highest BCUT2D eigenvalue weighted by atomic mass is 15.3. The van der Waals surface area contributed by atoms with Gasteiger partial charge in [-0.05, 0) is 51.6 Å². The maximum atomic E-state index is 5.17. The molecule has 1 aromatic heterocycles. The van der Waals surface area contributed by atoms with Gasteiger partial charge in [-0.15, -0.1) is 0 Å². The van der Waals surface area contributed by atoms with E-state index in [1.807, 2.05) is 36.4 Å². The first kappa shape index (κ1) is 25.6. The number of nitrogens with zero attached hydrogens (tertiary/aromatic N) is 4. The van der Waals surface area contributed by atoms with E-state index in [1.165, 1.54) is 33.4 Å². The molecule has 208 valence electrons. The fourth-order valence-corrected chi connectivity index (χ4v) is 7.01. The van der Waals surface area contributed by atoms with Gasteiger partial charge < -0.3 is 0 Å². The Hall–Kier alpha value is -5.09. The topological polar surface area (TPSA) is 41.9 Å². The molecule has 0 fully saturated rings. The molecule has 0 spiro atoms. The van der Waals surface area contributed by atoms with Crippen molar-refractivity contribution in [1.82, 2.24) is 15.0 Å². The van der Waals surface area contributed by atoms with E-state index in [0.29, 0.717) is 17.6 Å². The van der Waals surface area contributed by atoms with Crippen molar-refractivity contribution in [3.8, 4) is 33.9 Å². The maximum Gasteiger partial charge on any atom is 0.238 e. The molecule has 8 rings (SSSR count). The number of anilines is 3. The summed E-state index contributed by atoms with van der Waals surface area (Å²) in [6, 6.07) is 42.7. The number of fused-ring (bicyclic) bond motifs is 5. The largest absolute Gasteiger partial charge is 0.278 e. The minimum atomic E-state index is -0.226. The molecule has 2 aliphatic rings. The molecule has 1 aliphatic carbocycles. The summed E-state index contributed by atoms with van der Waals surface area (Å²) in [7, 11) is 0. The summed E-state index contributed by atoms with van der Waals surface area (Å²) in [6.07, 6.45) is 0. The van der Waals surface area contributed by atoms with Crippen LogP contribution in [-0.2, 0) is 10.8 Å². The van der Waals surface area contributed by atoms with Gasteiger partial charge in [-0.3, -0.25) is 4.90 Å². The summed E-state index contributed by atoms with van der Waals surface area (Å²) >= 11 is 0. The fraction of sp³-hybridized carbons (Fsp3) is 0.154. The lowest BCUT2D eigenvalue weighted by molar-refractivity contribution is 0.626. The highest BCUT2D eigenvalue weighted by Gasteiger charge is 2.42. The predicted octanol–water partition coefficient (Wildman–Crippen LogP) is 9.62. The molecular formula is C39H32N4. The summed E-state index contributed by atoms with van der Waals surface area (Å²) < 4.78 is 0. The molecule has 0 saturated heterocycles. The van der Waals surface area contributed by atoms with E-state index >= 15 is 0 Å². The Kier molecular flexibility index (Phi) is 5.48. The standard InChI is InChI=1S/C39H32N4/c1-38(2)29-20-12-11-19-27(29)28-23-32-34(24-31(28)38)43(33-22-14-13-21-30(33)39(32,3)4)37-41-35(25-15-7-5-8-16-25)40-36(42-37)26-17-9-6-10-18-26/h5-24H,1-4H3. The van der Waals surface area contributed by atoms with Crippen molar-refractivity contribution in [2.24, 2.45) is 0 Å². The monoisotopic (exact) mass is 556 g/mol. The number of benzene rings is 5. The van der Waals surface area contributed by atoms with Crippen molar-refractivity contribution in [1.29, 1.82) is 0 Å². The molecule has 0 unspecified atom stereocenters. The lowest BCUT2D eigenvalue weighted by Crippen LogP contribution is -2.32. The van der Waals surface area contributed by atoms with Crippen LogP contribution >= 0.6 is 0 Å². The van der Waals surface area contributed by atoms with Gasteiger partial charge in [0.2, 0.25) is 5.95 Å². The zero-order chi connectivity index (χ0) is 29.3. The first-order valence-corrected chi connectivity index (χ1v) is 14.9. The molecule has 0 amide bonds. The van der Waals surface area contributed by atoms with Crippen LogP contribution in [0.1, 0.15) is 49.9 Å². The third-order valence-corrected chi connectivity index (χ3v) is 9.32. The van der Waals surface area contributed by atoms with E-state index in [-0.39, 0.29) is 10.8 Å². The van der Waals surface area contributed by atoms with Crippen LogP contribution in [0.4, 0.5) is 17.3 Å². The average molecular weight is 557 g/mol. The van der Waals surface area contributed by atoms with Crippen LogP contribution in [0.3, 0.4) is 0 Å². The molecule has 0 saturated carbocycles. The quantitative estimate of drug-likeness (QED) is 0.218. The van der Waals surface area contributed by atoms with Gasteiger partial charge in [-0.2, -0.15) is 9.97 Å².